The van der Waals surface area contributed by atoms with Crippen molar-refractivity contribution in [2.45, 2.75) is 6.92 Å². The summed E-state index contributed by atoms with van der Waals surface area (Å²) >= 11 is 0. The quantitative estimate of drug-likeness (QED) is 0.933. The second-order valence-corrected chi connectivity index (χ2v) is 3.76. The van der Waals surface area contributed by atoms with E-state index in [1.807, 2.05) is 0 Å². The number of hydrogen-bond acceptors (Lipinski definition) is 4. The van der Waals surface area contributed by atoms with Gasteiger partial charge in [0, 0.05) is 17.8 Å². The smallest absolute Gasteiger partial charge is 0.274 e. The average Bonchev–Trinajstić information content (AvgIpc) is 2.43. The number of benzene rings is 1. The highest BCUT2D eigenvalue weighted by Crippen LogP contribution is 2.14. The van der Waals surface area contributed by atoms with Crippen LogP contribution in [0.15, 0.2) is 30.6 Å². The fraction of sp³-hybridized carbons (Fsp3) is 0.154. The first-order chi connectivity index (χ1) is 9.60. The Morgan fingerprint density at radius 1 is 1.25 bits per heavy atom. The molecule has 1 heterocycles. The third kappa shape index (κ3) is 3.25. The summed E-state index contributed by atoms with van der Waals surface area (Å²) in [6.07, 6.45) is 1.19. The molecule has 0 aliphatic heterocycles. The number of carbonyl (C=O) groups excluding carboxylic acids is 1. The van der Waals surface area contributed by atoms with Gasteiger partial charge in [-0.3, -0.25) is 4.79 Å². The molecule has 7 heteroatoms. The van der Waals surface area contributed by atoms with Crippen LogP contribution in [-0.4, -0.2) is 22.5 Å². The predicted molar refractivity (Wildman–Crippen MR) is 67.5 cm³/mol. The molecule has 0 aliphatic rings. The van der Waals surface area contributed by atoms with Crippen LogP contribution in [0, 0.1) is 11.6 Å². The summed E-state index contributed by atoms with van der Waals surface area (Å²) in [5.41, 5.74) is 0.193. The van der Waals surface area contributed by atoms with Gasteiger partial charge in [0.1, 0.15) is 12.0 Å². The van der Waals surface area contributed by atoms with Crippen LogP contribution in [0.2, 0.25) is 0 Å². The molecule has 1 N–H and O–H groups in total. The minimum atomic E-state index is -1.04. The van der Waals surface area contributed by atoms with E-state index in [0.29, 0.717) is 6.61 Å². The first-order valence-corrected chi connectivity index (χ1v) is 5.81. The number of nitrogens with one attached hydrogen (secondary N) is 1. The van der Waals surface area contributed by atoms with Crippen molar-refractivity contribution >= 4 is 11.6 Å². The van der Waals surface area contributed by atoms with Crippen LogP contribution in [0.1, 0.15) is 17.4 Å². The Morgan fingerprint density at radius 3 is 2.75 bits per heavy atom. The van der Waals surface area contributed by atoms with E-state index in [0.717, 1.165) is 12.1 Å². The van der Waals surface area contributed by atoms with E-state index in [1.54, 1.807) is 6.92 Å². The molecule has 2 rings (SSSR count). The van der Waals surface area contributed by atoms with Crippen LogP contribution < -0.4 is 10.1 Å². The number of ether oxygens (including phenoxy) is 1. The standard InChI is InChI=1S/C13H11F2N3O2/c1-2-20-12-6-11(16-7-17-12)13(19)18-8-3-4-9(14)10(15)5-8/h3-7H,2H2,1H3,(H,18,19). The van der Waals surface area contributed by atoms with Gasteiger partial charge in [-0.2, -0.15) is 0 Å². The van der Waals surface area contributed by atoms with Gasteiger partial charge < -0.3 is 10.1 Å². The molecular weight excluding hydrogens is 268 g/mol. The SMILES string of the molecule is CCOc1cc(C(=O)Nc2ccc(F)c(F)c2)ncn1. The molecule has 5 nitrogen and oxygen atoms in total. The zero-order valence-electron chi connectivity index (χ0n) is 10.6. The highest BCUT2D eigenvalue weighted by atomic mass is 19.2. The average molecular weight is 279 g/mol. The summed E-state index contributed by atoms with van der Waals surface area (Å²) < 4.78 is 30.9. The van der Waals surface area contributed by atoms with Gasteiger partial charge in [-0.15, -0.1) is 0 Å². The van der Waals surface area contributed by atoms with E-state index >= 15 is 0 Å². The second kappa shape index (κ2) is 6.05. The van der Waals surface area contributed by atoms with Crippen LogP contribution in [-0.2, 0) is 0 Å². The topological polar surface area (TPSA) is 64.1 Å². The summed E-state index contributed by atoms with van der Waals surface area (Å²) in [5.74, 6) is -2.33. The van der Waals surface area contributed by atoms with Crippen LogP contribution >= 0.6 is 0 Å². The summed E-state index contributed by atoms with van der Waals surface area (Å²) in [7, 11) is 0. The lowest BCUT2D eigenvalue weighted by Gasteiger charge is -2.06. The number of amides is 1. The Labute approximate surface area is 113 Å². The van der Waals surface area contributed by atoms with E-state index in [1.165, 1.54) is 18.5 Å². The van der Waals surface area contributed by atoms with E-state index in [4.69, 9.17) is 4.74 Å². The van der Waals surface area contributed by atoms with E-state index in [9.17, 15) is 13.6 Å². The monoisotopic (exact) mass is 279 g/mol. The van der Waals surface area contributed by atoms with Crippen molar-refractivity contribution in [3.05, 3.63) is 47.9 Å². The lowest BCUT2D eigenvalue weighted by Crippen LogP contribution is -2.14. The van der Waals surface area contributed by atoms with Gasteiger partial charge in [-0.1, -0.05) is 0 Å². The molecule has 104 valence electrons. The molecule has 0 aliphatic carbocycles. The number of aromatic nitrogens is 2. The van der Waals surface area contributed by atoms with Crippen LogP contribution in [0.25, 0.3) is 0 Å². The number of nitrogens with zero attached hydrogens (tertiary/aromatic N) is 2. The first-order valence-electron chi connectivity index (χ1n) is 5.81. The molecule has 1 aromatic carbocycles. The lowest BCUT2D eigenvalue weighted by molar-refractivity contribution is 0.102. The molecule has 0 saturated carbocycles. The second-order valence-electron chi connectivity index (χ2n) is 3.76. The zero-order chi connectivity index (χ0) is 14.5. The van der Waals surface area contributed by atoms with Gasteiger partial charge in [0.15, 0.2) is 11.6 Å². The summed E-state index contributed by atoms with van der Waals surface area (Å²) in [6, 6.07) is 4.42. The highest BCUT2D eigenvalue weighted by Gasteiger charge is 2.11. The number of anilines is 1. The van der Waals surface area contributed by atoms with Crippen molar-refractivity contribution in [3.8, 4) is 5.88 Å². The van der Waals surface area contributed by atoms with E-state index < -0.39 is 17.5 Å². The van der Waals surface area contributed by atoms with Crippen molar-refractivity contribution < 1.29 is 18.3 Å². The molecule has 1 amide bonds. The van der Waals surface area contributed by atoms with Crippen molar-refractivity contribution in [3.63, 3.8) is 0 Å². The third-order valence-corrected chi connectivity index (χ3v) is 2.34. The molecule has 0 fully saturated rings. The summed E-state index contributed by atoms with van der Waals surface area (Å²) in [5, 5.41) is 2.40. The molecule has 0 radical (unpaired) electrons. The maximum Gasteiger partial charge on any atom is 0.274 e. The third-order valence-electron chi connectivity index (χ3n) is 2.34. The van der Waals surface area contributed by atoms with Gasteiger partial charge in [0.2, 0.25) is 5.88 Å². The van der Waals surface area contributed by atoms with Crippen LogP contribution in [0.4, 0.5) is 14.5 Å². The van der Waals surface area contributed by atoms with Gasteiger partial charge in [0.05, 0.1) is 6.61 Å². The molecule has 0 bridgehead atoms. The van der Waals surface area contributed by atoms with E-state index in [2.05, 4.69) is 15.3 Å². The molecule has 1 aromatic heterocycles. The number of hydrogen-bond donors (Lipinski definition) is 1. The van der Waals surface area contributed by atoms with Crippen molar-refractivity contribution in [1.29, 1.82) is 0 Å². The Balaban J connectivity index is 2.15. The Kier molecular flexibility index (Phi) is 4.19. The minimum absolute atomic E-state index is 0.0631. The van der Waals surface area contributed by atoms with Crippen molar-refractivity contribution in [1.82, 2.24) is 9.97 Å². The van der Waals surface area contributed by atoms with Crippen molar-refractivity contribution in [2.75, 3.05) is 11.9 Å². The fourth-order valence-electron chi connectivity index (χ4n) is 1.46. The Morgan fingerprint density at radius 2 is 2.05 bits per heavy atom. The largest absolute Gasteiger partial charge is 0.478 e. The Bertz CT molecular complexity index is 635. The summed E-state index contributed by atoms with van der Waals surface area (Å²) in [6.45, 7) is 2.18. The maximum atomic E-state index is 13.0. The summed E-state index contributed by atoms with van der Waals surface area (Å²) in [4.78, 5) is 19.5. The minimum Gasteiger partial charge on any atom is -0.478 e. The predicted octanol–water partition coefficient (Wildman–Crippen LogP) is 2.41. The molecule has 0 atom stereocenters. The molecular formula is C13H11F2N3O2. The molecule has 2 aromatic rings. The highest BCUT2D eigenvalue weighted by molar-refractivity contribution is 6.02. The van der Waals surface area contributed by atoms with Crippen molar-refractivity contribution in [2.24, 2.45) is 0 Å². The number of rotatable bonds is 4. The molecule has 20 heavy (non-hydrogen) atoms. The Hall–Kier alpha value is -2.57. The molecule has 0 spiro atoms. The van der Waals surface area contributed by atoms with Crippen LogP contribution in [0.5, 0.6) is 5.88 Å². The van der Waals surface area contributed by atoms with Gasteiger partial charge in [-0.05, 0) is 19.1 Å². The molecule has 0 unspecified atom stereocenters. The van der Waals surface area contributed by atoms with Gasteiger partial charge in [0.25, 0.3) is 5.91 Å². The number of halogens is 2. The van der Waals surface area contributed by atoms with Crippen LogP contribution in [0.3, 0.4) is 0 Å². The zero-order valence-corrected chi connectivity index (χ0v) is 10.6. The molecule has 0 saturated heterocycles. The first kappa shape index (κ1) is 13.9. The normalized spacial score (nSPS) is 10.2. The fourth-order valence-corrected chi connectivity index (χ4v) is 1.46. The lowest BCUT2D eigenvalue weighted by atomic mass is 10.3. The number of carbonyl (C=O) groups is 1. The maximum absolute atomic E-state index is 13.0. The van der Waals surface area contributed by atoms with Gasteiger partial charge >= 0.3 is 0 Å². The van der Waals surface area contributed by atoms with E-state index in [-0.39, 0.29) is 17.3 Å². The van der Waals surface area contributed by atoms with Gasteiger partial charge in [-0.25, -0.2) is 18.7 Å².